The van der Waals surface area contributed by atoms with Crippen molar-refractivity contribution < 1.29 is 0 Å². The summed E-state index contributed by atoms with van der Waals surface area (Å²) in [6, 6.07) is 69.9. The van der Waals surface area contributed by atoms with Gasteiger partial charge in [-0.1, -0.05) is 171 Å². The monoisotopic (exact) mass is 718 g/mol. The summed E-state index contributed by atoms with van der Waals surface area (Å²) in [5, 5.41) is 4.12. The van der Waals surface area contributed by atoms with Gasteiger partial charge in [0.1, 0.15) is 8.07 Å². The van der Waals surface area contributed by atoms with Gasteiger partial charge in [0.25, 0.3) is 0 Å². The molecule has 260 valence electrons. The summed E-state index contributed by atoms with van der Waals surface area (Å²) in [5.41, 5.74) is 16.3. The van der Waals surface area contributed by atoms with E-state index in [4.69, 9.17) is 9.97 Å². The Hall–Kier alpha value is -6.68. The lowest BCUT2D eigenvalue weighted by Crippen LogP contribution is -2.49. The highest BCUT2D eigenvalue weighted by molar-refractivity contribution is 7.05. The highest BCUT2D eigenvalue weighted by atomic mass is 28.3. The molecule has 1 aromatic heterocycles. The Labute approximate surface area is 323 Å². The Morgan fingerprint density at radius 3 is 1.42 bits per heavy atom. The average molecular weight is 719 g/mol. The molecule has 2 heterocycles. The van der Waals surface area contributed by atoms with Gasteiger partial charge >= 0.3 is 0 Å². The summed E-state index contributed by atoms with van der Waals surface area (Å²) in [4.78, 5) is 10.8. The van der Waals surface area contributed by atoms with Crippen molar-refractivity contribution in [3.63, 3.8) is 0 Å². The highest BCUT2D eigenvalue weighted by Crippen LogP contribution is 2.38. The molecule has 0 bridgehead atoms. The molecule has 10 rings (SSSR count). The smallest absolute Gasteiger partial charge is 0.160 e. The van der Waals surface area contributed by atoms with E-state index in [1.165, 1.54) is 60.3 Å². The number of hydrogen-bond acceptors (Lipinski definition) is 2. The molecule has 0 radical (unpaired) electrons. The van der Waals surface area contributed by atoms with Crippen LogP contribution in [-0.2, 0) is 0 Å². The Bertz CT molecular complexity index is 2820. The van der Waals surface area contributed by atoms with E-state index < -0.39 is 8.07 Å². The first-order chi connectivity index (χ1) is 27.0. The summed E-state index contributed by atoms with van der Waals surface area (Å²) >= 11 is 0. The standard InChI is InChI=1S/C52H38N2Si/c1-55(2)48-27-13-12-26-45(48)46-28-29-47-49(51(46)55)50(37-20-10-5-11-21-37)54-52(53-47)41-25-15-23-39(31-41)38-22-14-24-40(30-38)44-33-42(35-16-6-3-7-17-35)32-43(34-44)36-18-8-4-9-19-36/h3-34H,1-2H3. The molecule has 0 N–H and O–H groups in total. The van der Waals surface area contributed by atoms with Crippen LogP contribution in [0.1, 0.15) is 0 Å². The summed E-state index contributed by atoms with van der Waals surface area (Å²) < 4.78 is 0. The lowest BCUT2D eigenvalue weighted by Gasteiger charge is -2.22. The first-order valence-electron chi connectivity index (χ1n) is 19.0. The Balaban J connectivity index is 1.09. The fourth-order valence-corrected chi connectivity index (χ4v) is 12.0. The number of aromatic nitrogens is 2. The summed E-state index contributed by atoms with van der Waals surface area (Å²) in [5.74, 6) is 0.738. The molecular formula is C52H38N2Si. The van der Waals surface area contributed by atoms with Crippen molar-refractivity contribution in [2.24, 2.45) is 0 Å². The molecule has 0 unspecified atom stereocenters. The number of rotatable bonds is 6. The second-order valence-electron chi connectivity index (χ2n) is 15.0. The normalized spacial score (nSPS) is 12.7. The third-order valence-corrected chi connectivity index (χ3v) is 14.8. The minimum atomic E-state index is -2.02. The van der Waals surface area contributed by atoms with Crippen LogP contribution in [0, 0.1) is 0 Å². The van der Waals surface area contributed by atoms with Crippen LogP contribution in [0.3, 0.4) is 0 Å². The zero-order chi connectivity index (χ0) is 36.9. The molecule has 3 heteroatoms. The molecule has 9 aromatic rings. The van der Waals surface area contributed by atoms with E-state index in [0.717, 1.165) is 39.3 Å². The van der Waals surface area contributed by atoms with Gasteiger partial charge in [-0.2, -0.15) is 0 Å². The molecular weight excluding hydrogens is 681 g/mol. The van der Waals surface area contributed by atoms with Crippen LogP contribution < -0.4 is 10.4 Å². The number of fused-ring (bicyclic) bond motifs is 5. The van der Waals surface area contributed by atoms with Gasteiger partial charge < -0.3 is 0 Å². The van der Waals surface area contributed by atoms with Gasteiger partial charge in [0.15, 0.2) is 5.82 Å². The van der Waals surface area contributed by atoms with Crippen molar-refractivity contribution in [3.8, 4) is 78.3 Å². The van der Waals surface area contributed by atoms with Gasteiger partial charge in [-0.15, -0.1) is 0 Å². The predicted octanol–water partition coefficient (Wildman–Crippen LogP) is 12.4. The molecule has 0 saturated carbocycles. The van der Waals surface area contributed by atoms with E-state index in [1.54, 1.807) is 0 Å². The van der Waals surface area contributed by atoms with Crippen LogP contribution in [-0.4, -0.2) is 18.0 Å². The van der Waals surface area contributed by atoms with Crippen LogP contribution in [0.4, 0.5) is 0 Å². The predicted molar refractivity (Wildman–Crippen MR) is 234 cm³/mol. The van der Waals surface area contributed by atoms with Crippen molar-refractivity contribution >= 4 is 29.4 Å². The van der Waals surface area contributed by atoms with E-state index in [9.17, 15) is 0 Å². The zero-order valence-corrected chi connectivity index (χ0v) is 31.9. The third-order valence-electron chi connectivity index (χ3n) is 11.2. The van der Waals surface area contributed by atoms with Crippen LogP contribution in [0.15, 0.2) is 194 Å². The van der Waals surface area contributed by atoms with Gasteiger partial charge in [-0.25, -0.2) is 9.97 Å². The average Bonchev–Trinajstić information content (AvgIpc) is 3.50. The van der Waals surface area contributed by atoms with E-state index in [2.05, 4.69) is 207 Å². The zero-order valence-electron chi connectivity index (χ0n) is 30.9. The molecule has 0 atom stereocenters. The van der Waals surface area contributed by atoms with Crippen LogP contribution in [0.2, 0.25) is 13.1 Å². The fraction of sp³-hybridized carbons (Fsp3) is 0.0385. The summed E-state index contributed by atoms with van der Waals surface area (Å²) in [7, 11) is -2.02. The molecule has 0 aliphatic carbocycles. The molecule has 1 aliphatic heterocycles. The lowest BCUT2D eigenvalue weighted by atomic mass is 9.92. The molecule has 0 fully saturated rings. The van der Waals surface area contributed by atoms with Crippen LogP contribution in [0.25, 0.3) is 89.2 Å². The lowest BCUT2D eigenvalue weighted by molar-refractivity contribution is 1.23. The Morgan fingerprint density at radius 1 is 0.345 bits per heavy atom. The quantitative estimate of drug-likeness (QED) is 0.160. The Kier molecular flexibility index (Phi) is 7.97. The minimum Gasteiger partial charge on any atom is -0.228 e. The number of nitrogens with zero attached hydrogens (tertiary/aromatic N) is 2. The van der Waals surface area contributed by atoms with Crippen LogP contribution in [0.5, 0.6) is 0 Å². The van der Waals surface area contributed by atoms with E-state index >= 15 is 0 Å². The SMILES string of the molecule is C[Si]1(C)c2ccccc2-c2ccc3nc(-c4cccc(-c5cccc(-c6cc(-c7ccccc7)cc(-c7ccccc7)c6)c5)c4)nc(-c4ccccc4)c3c21. The fourth-order valence-electron chi connectivity index (χ4n) is 8.54. The van der Waals surface area contributed by atoms with Gasteiger partial charge in [-0.05, 0) is 102 Å². The maximum Gasteiger partial charge on any atom is 0.160 e. The number of hydrogen-bond donors (Lipinski definition) is 0. The van der Waals surface area contributed by atoms with Gasteiger partial charge in [0.2, 0.25) is 0 Å². The van der Waals surface area contributed by atoms with Crippen molar-refractivity contribution in [1.29, 1.82) is 0 Å². The maximum atomic E-state index is 5.44. The molecule has 8 aromatic carbocycles. The summed E-state index contributed by atoms with van der Waals surface area (Å²) in [6.45, 7) is 4.94. The maximum absolute atomic E-state index is 5.44. The first-order valence-corrected chi connectivity index (χ1v) is 22.0. The van der Waals surface area contributed by atoms with Crippen molar-refractivity contribution in [3.05, 3.63) is 194 Å². The highest BCUT2D eigenvalue weighted by Gasteiger charge is 2.39. The third kappa shape index (κ3) is 5.81. The van der Waals surface area contributed by atoms with E-state index in [1.807, 2.05) is 0 Å². The minimum absolute atomic E-state index is 0.738. The topological polar surface area (TPSA) is 25.8 Å². The first kappa shape index (κ1) is 32.9. The molecule has 0 saturated heterocycles. The van der Waals surface area contributed by atoms with Gasteiger partial charge in [0.05, 0.1) is 11.2 Å². The second kappa shape index (κ2) is 13.3. The van der Waals surface area contributed by atoms with E-state index in [0.29, 0.717) is 0 Å². The molecule has 2 nitrogen and oxygen atoms in total. The summed E-state index contributed by atoms with van der Waals surface area (Å²) in [6.07, 6.45) is 0. The second-order valence-corrected chi connectivity index (χ2v) is 19.3. The largest absolute Gasteiger partial charge is 0.228 e. The number of benzene rings is 8. The van der Waals surface area contributed by atoms with Gasteiger partial charge in [-0.3, -0.25) is 0 Å². The Morgan fingerprint density at radius 2 is 0.800 bits per heavy atom. The van der Waals surface area contributed by atoms with Crippen molar-refractivity contribution in [2.45, 2.75) is 13.1 Å². The van der Waals surface area contributed by atoms with Crippen LogP contribution >= 0.6 is 0 Å². The van der Waals surface area contributed by atoms with E-state index in [-0.39, 0.29) is 0 Å². The van der Waals surface area contributed by atoms with Crippen molar-refractivity contribution in [1.82, 2.24) is 9.97 Å². The molecule has 0 amide bonds. The molecule has 1 aliphatic rings. The molecule has 55 heavy (non-hydrogen) atoms. The molecule has 0 spiro atoms. The van der Waals surface area contributed by atoms with Crippen molar-refractivity contribution in [2.75, 3.05) is 0 Å². The van der Waals surface area contributed by atoms with Gasteiger partial charge in [0, 0.05) is 16.5 Å².